The van der Waals surface area contributed by atoms with Gasteiger partial charge in [0, 0.05) is 23.1 Å². The van der Waals surface area contributed by atoms with Crippen LogP contribution in [0, 0.1) is 20.8 Å². The third kappa shape index (κ3) is 5.17. The Morgan fingerprint density at radius 2 is 1.74 bits per heavy atom. The van der Waals surface area contributed by atoms with E-state index in [1.54, 1.807) is 6.92 Å². The van der Waals surface area contributed by atoms with E-state index in [0.29, 0.717) is 22.0 Å². The molecule has 4 rings (SSSR count). The van der Waals surface area contributed by atoms with Gasteiger partial charge in [0.05, 0.1) is 0 Å². The largest absolute Gasteiger partial charge is 0.321 e. The Morgan fingerprint density at radius 1 is 1.00 bits per heavy atom. The summed E-state index contributed by atoms with van der Waals surface area (Å²) in [5.41, 5.74) is 4.48. The van der Waals surface area contributed by atoms with Gasteiger partial charge in [-0.2, -0.15) is 0 Å². The quantitative estimate of drug-likeness (QED) is 0.358. The minimum Gasteiger partial charge on any atom is -0.321 e. The molecule has 35 heavy (non-hydrogen) atoms. The summed E-state index contributed by atoms with van der Waals surface area (Å²) in [7, 11) is 0. The molecule has 2 heterocycles. The van der Waals surface area contributed by atoms with Crippen LogP contribution in [-0.2, 0) is 6.42 Å². The summed E-state index contributed by atoms with van der Waals surface area (Å²) in [6.45, 7) is 7.73. The molecule has 180 valence electrons. The maximum Gasteiger partial charge on any atom is 0.274 e. The molecule has 7 nitrogen and oxygen atoms in total. The maximum atomic E-state index is 13.4. The fraction of sp³-hybridized carbons (Fsp3) is 0.259. The fourth-order valence-electron chi connectivity index (χ4n) is 3.84. The van der Waals surface area contributed by atoms with Crippen molar-refractivity contribution < 1.29 is 9.59 Å². The van der Waals surface area contributed by atoms with Crippen LogP contribution in [0.2, 0.25) is 0 Å². The second kappa shape index (κ2) is 10.2. The van der Waals surface area contributed by atoms with Crippen molar-refractivity contribution >= 4 is 39.5 Å². The van der Waals surface area contributed by atoms with Crippen LogP contribution >= 0.6 is 11.3 Å². The minimum absolute atomic E-state index is 0.0274. The summed E-state index contributed by atoms with van der Waals surface area (Å²) in [5, 5.41) is 5.74. The van der Waals surface area contributed by atoms with Gasteiger partial charge in [-0.25, -0.2) is 9.38 Å². The van der Waals surface area contributed by atoms with Gasteiger partial charge in [0.2, 0.25) is 0 Å². The molecule has 2 aromatic carbocycles. The van der Waals surface area contributed by atoms with Gasteiger partial charge in [0.15, 0.2) is 4.96 Å². The van der Waals surface area contributed by atoms with Crippen molar-refractivity contribution in [2.45, 2.75) is 47.0 Å². The summed E-state index contributed by atoms with van der Waals surface area (Å²) >= 11 is 1.02. The number of nitrogens with zero attached hydrogens (tertiary/aromatic N) is 2. The molecular weight excluding hydrogens is 460 g/mol. The molecule has 0 saturated carbocycles. The summed E-state index contributed by atoms with van der Waals surface area (Å²) in [5.74, 6) is -1.01. The predicted octanol–water partition coefficient (Wildman–Crippen LogP) is 5.53. The number of fused-ring (bicyclic) bond motifs is 1. The highest BCUT2D eigenvalue weighted by Gasteiger charge is 2.26. The van der Waals surface area contributed by atoms with E-state index in [9.17, 15) is 14.4 Å². The van der Waals surface area contributed by atoms with Crippen LogP contribution in [0.3, 0.4) is 0 Å². The van der Waals surface area contributed by atoms with Gasteiger partial charge in [-0.15, -0.1) is 0 Å². The van der Waals surface area contributed by atoms with Crippen LogP contribution in [0.5, 0.6) is 0 Å². The number of hydrogen-bond donors (Lipinski definition) is 2. The average Bonchev–Trinajstić information content (AvgIpc) is 3.21. The molecule has 0 fully saturated rings. The van der Waals surface area contributed by atoms with Crippen LogP contribution < -0.4 is 16.2 Å². The normalized spacial score (nSPS) is 11.0. The smallest absolute Gasteiger partial charge is 0.274 e. The fourth-order valence-corrected chi connectivity index (χ4v) is 4.91. The molecule has 0 unspecified atom stereocenters. The molecule has 0 bridgehead atoms. The average molecular weight is 489 g/mol. The maximum absolute atomic E-state index is 13.4. The van der Waals surface area contributed by atoms with E-state index in [4.69, 9.17) is 0 Å². The summed E-state index contributed by atoms with van der Waals surface area (Å²) < 4.78 is 1.21. The van der Waals surface area contributed by atoms with Gasteiger partial charge in [-0.05, 0) is 68.5 Å². The van der Waals surface area contributed by atoms with E-state index in [1.807, 2.05) is 56.3 Å². The first-order valence-electron chi connectivity index (χ1n) is 11.6. The molecular formula is C27H28N4O3S. The number of carbonyl (C=O) groups is 2. The number of benzene rings is 2. The lowest BCUT2D eigenvalue weighted by Crippen LogP contribution is -2.25. The van der Waals surface area contributed by atoms with Crippen molar-refractivity contribution in [1.82, 2.24) is 9.38 Å². The molecule has 0 spiro atoms. The number of amides is 2. The number of aromatic nitrogens is 2. The highest BCUT2D eigenvalue weighted by atomic mass is 32.1. The lowest BCUT2D eigenvalue weighted by atomic mass is 10.1. The predicted molar refractivity (Wildman–Crippen MR) is 141 cm³/mol. The standard InChI is InChI=1S/C27H28N4O3S/c1-5-6-9-19-11-13-20(14-12-19)29-25(33)23-24(35-27-28-17(3)15-22(32)31(23)27)26(34)30-21-10-7-8-16(2)18(21)4/h7-8,10-15H,5-6,9H2,1-4H3,(H,29,33)(H,30,34). The zero-order chi connectivity index (χ0) is 25.1. The zero-order valence-corrected chi connectivity index (χ0v) is 21.1. The molecule has 2 N–H and O–H groups in total. The van der Waals surface area contributed by atoms with E-state index in [1.165, 1.54) is 16.0 Å². The zero-order valence-electron chi connectivity index (χ0n) is 20.3. The number of anilines is 2. The van der Waals surface area contributed by atoms with Gasteiger partial charge in [0.25, 0.3) is 17.4 Å². The number of nitrogens with one attached hydrogen (secondary N) is 2. The monoisotopic (exact) mass is 488 g/mol. The minimum atomic E-state index is -0.545. The van der Waals surface area contributed by atoms with Crippen LogP contribution in [0.15, 0.2) is 53.3 Å². The second-order valence-corrected chi connectivity index (χ2v) is 9.57. The second-order valence-electron chi connectivity index (χ2n) is 8.59. The Bertz CT molecular complexity index is 1470. The van der Waals surface area contributed by atoms with Crippen molar-refractivity contribution in [1.29, 1.82) is 0 Å². The molecule has 0 aliphatic carbocycles. The van der Waals surface area contributed by atoms with Gasteiger partial charge in [-0.3, -0.25) is 14.4 Å². The molecule has 2 aromatic heterocycles. The van der Waals surface area contributed by atoms with E-state index >= 15 is 0 Å². The Balaban J connectivity index is 1.72. The molecule has 8 heteroatoms. The van der Waals surface area contributed by atoms with Crippen molar-refractivity contribution in [3.05, 3.63) is 91.8 Å². The highest BCUT2D eigenvalue weighted by molar-refractivity contribution is 7.19. The number of rotatable bonds is 7. The summed E-state index contributed by atoms with van der Waals surface area (Å²) in [4.78, 5) is 44.4. The lowest BCUT2D eigenvalue weighted by molar-refractivity contribution is 0.0989. The first-order valence-corrected chi connectivity index (χ1v) is 12.4. The van der Waals surface area contributed by atoms with Crippen LogP contribution in [0.4, 0.5) is 11.4 Å². The molecule has 0 aliphatic rings. The molecule has 0 radical (unpaired) electrons. The topological polar surface area (TPSA) is 92.6 Å². The van der Waals surface area contributed by atoms with E-state index in [-0.39, 0.29) is 10.6 Å². The Hall–Kier alpha value is -3.78. The molecule has 4 aromatic rings. The van der Waals surface area contributed by atoms with Crippen molar-refractivity contribution in [2.75, 3.05) is 10.6 Å². The van der Waals surface area contributed by atoms with Gasteiger partial charge in [0.1, 0.15) is 10.6 Å². The van der Waals surface area contributed by atoms with Crippen LogP contribution in [-0.4, -0.2) is 21.2 Å². The van der Waals surface area contributed by atoms with E-state index in [0.717, 1.165) is 41.7 Å². The van der Waals surface area contributed by atoms with Gasteiger partial charge in [-0.1, -0.05) is 48.9 Å². The summed E-state index contributed by atoms with van der Waals surface area (Å²) in [6.07, 6.45) is 3.18. The number of thiazole rings is 1. The van der Waals surface area contributed by atoms with E-state index < -0.39 is 17.4 Å². The first-order chi connectivity index (χ1) is 16.8. The number of hydrogen-bond acceptors (Lipinski definition) is 5. The third-order valence-electron chi connectivity index (χ3n) is 5.95. The Labute approximate surface area is 207 Å². The lowest BCUT2D eigenvalue weighted by Gasteiger charge is -2.11. The van der Waals surface area contributed by atoms with Gasteiger partial charge >= 0.3 is 0 Å². The Kier molecular flexibility index (Phi) is 7.12. The van der Waals surface area contributed by atoms with Crippen molar-refractivity contribution in [2.24, 2.45) is 0 Å². The molecule has 0 aliphatic heterocycles. The van der Waals surface area contributed by atoms with Crippen LogP contribution in [0.1, 0.15) is 62.3 Å². The molecule has 2 amide bonds. The SMILES string of the molecule is CCCCc1ccc(NC(=O)c2c(C(=O)Nc3cccc(C)c3C)sc3nc(C)cc(=O)n23)cc1. The summed E-state index contributed by atoms with van der Waals surface area (Å²) in [6, 6.07) is 14.6. The Morgan fingerprint density at radius 3 is 2.46 bits per heavy atom. The van der Waals surface area contributed by atoms with Crippen molar-refractivity contribution in [3.8, 4) is 0 Å². The number of aryl methyl sites for hydroxylation is 3. The van der Waals surface area contributed by atoms with E-state index in [2.05, 4.69) is 22.5 Å². The van der Waals surface area contributed by atoms with Gasteiger partial charge < -0.3 is 10.6 Å². The molecule has 0 atom stereocenters. The number of unbranched alkanes of at least 4 members (excludes halogenated alkanes) is 1. The highest BCUT2D eigenvalue weighted by Crippen LogP contribution is 2.25. The van der Waals surface area contributed by atoms with Crippen LogP contribution in [0.25, 0.3) is 4.96 Å². The molecule has 0 saturated heterocycles. The number of carbonyl (C=O) groups excluding carboxylic acids is 2. The first kappa shape index (κ1) is 24.3. The third-order valence-corrected chi connectivity index (χ3v) is 6.99. The van der Waals surface area contributed by atoms with Crippen molar-refractivity contribution in [3.63, 3.8) is 0 Å².